The van der Waals surface area contributed by atoms with Crippen molar-refractivity contribution in [2.24, 2.45) is 5.41 Å². The van der Waals surface area contributed by atoms with E-state index in [2.05, 4.69) is 20.8 Å². The SMILES string of the molecule is CN(CCCCCCl)S(=O)(=O)CCC(C)(C)C. The Morgan fingerprint density at radius 2 is 1.71 bits per heavy atom. The van der Waals surface area contributed by atoms with Crippen molar-refractivity contribution in [1.29, 1.82) is 0 Å². The second-order valence-electron chi connectivity index (χ2n) is 5.70. The van der Waals surface area contributed by atoms with Crippen molar-refractivity contribution in [3.05, 3.63) is 0 Å². The average molecular weight is 284 g/mol. The second kappa shape index (κ2) is 7.59. The van der Waals surface area contributed by atoms with Gasteiger partial charge in [0, 0.05) is 19.5 Å². The average Bonchev–Trinajstić information content (AvgIpc) is 2.20. The van der Waals surface area contributed by atoms with E-state index in [-0.39, 0.29) is 11.2 Å². The summed E-state index contributed by atoms with van der Waals surface area (Å²) in [6, 6.07) is 0. The van der Waals surface area contributed by atoms with Crippen LogP contribution < -0.4 is 0 Å². The summed E-state index contributed by atoms with van der Waals surface area (Å²) in [4.78, 5) is 0. The predicted molar refractivity (Wildman–Crippen MR) is 75.1 cm³/mol. The summed E-state index contributed by atoms with van der Waals surface area (Å²) in [7, 11) is -1.41. The van der Waals surface area contributed by atoms with E-state index < -0.39 is 10.0 Å². The molecule has 0 amide bonds. The number of hydrogen-bond acceptors (Lipinski definition) is 2. The molecule has 3 nitrogen and oxygen atoms in total. The highest BCUT2D eigenvalue weighted by atomic mass is 35.5. The highest BCUT2D eigenvalue weighted by Gasteiger charge is 2.21. The molecule has 0 bridgehead atoms. The van der Waals surface area contributed by atoms with Gasteiger partial charge in [0.2, 0.25) is 10.0 Å². The van der Waals surface area contributed by atoms with Crippen LogP contribution in [0.15, 0.2) is 0 Å². The maximum absolute atomic E-state index is 11.9. The van der Waals surface area contributed by atoms with E-state index in [1.165, 1.54) is 4.31 Å². The van der Waals surface area contributed by atoms with Gasteiger partial charge < -0.3 is 0 Å². The molecule has 0 rings (SSSR count). The van der Waals surface area contributed by atoms with Crippen LogP contribution in [0.3, 0.4) is 0 Å². The molecule has 0 fully saturated rings. The standard InChI is InChI=1S/C12H26ClNO2S/c1-12(2,3)8-11-17(15,16)14(4)10-7-5-6-9-13/h5-11H2,1-4H3. The Morgan fingerprint density at radius 3 is 2.18 bits per heavy atom. The Hall–Kier alpha value is 0.200. The van der Waals surface area contributed by atoms with Gasteiger partial charge in [0.15, 0.2) is 0 Å². The van der Waals surface area contributed by atoms with Crippen molar-refractivity contribution in [1.82, 2.24) is 4.31 Å². The van der Waals surface area contributed by atoms with E-state index in [0.29, 0.717) is 18.8 Å². The minimum Gasteiger partial charge on any atom is -0.212 e. The maximum atomic E-state index is 11.9. The first kappa shape index (κ1) is 17.2. The Bertz CT molecular complexity index is 296. The highest BCUT2D eigenvalue weighted by molar-refractivity contribution is 7.89. The zero-order valence-corrected chi connectivity index (χ0v) is 13.1. The van der Waals surface area contributed by atoms with Crippen LogP contribution >= 0.6 is 11.6 Å². The van der Waals surface area contributed by atoms with E-state index in [1.807, 2.05) is 0 Å². The molecule has 0 N–H and O–H groups in total. The fraction of sp³-hybridized carbons (Fsp3) is 1.00. The molecule has 0 aromatic heterocycles. The van der Waals surface area contributed by atoms with Gasteiger partial charge in [-0.15, -0.1) is 11.6 Å². The first-order chi connectivity index (χ1) is 7.69. The molecule has 104 valence electrons. The molecule has 0 aromatic carbocycles. The smallest absolute Gasteiger partial charge is 0.212 e. The minimum absolute atomic E-state index is 0.0620. The Labute approximate surface area is 112 Å². The predicted octanol–water partition coefficient (Wildman–Crippen LogP) is 3.09. The molecule has 0 aliphatic rings. The summed E-state index contributed by atoms with van der Waals surface area (Å²) >= 11 is 5.57. The van der Waals surface area contributed by atoms with Gasteiger partial charge in [-0.05, 0) is 24.7 Å². The molecule has 0 saturated carbocycles. The van der Waals surface area contributed by atoms with Gasteiger partial charge >= 0.3 is 0 Å². The molecule has 5 heteroatoms. The summed E-state index contributed by atoms with van der Waals surface area (Å²) in [6.45, 7) is 6.78. The largest absolute Gasteiger partial charge is 0.213 e. The molecule has 0 aliphatic heterocycles. The lowest BCUT2D eigenvalue weighted by Crippen LogP contribution is -2.31. The van der Waals surface area contributed by atoms with Gasteiger partial charge in [0.1, 0.15) is 0 Å². The summed E-state index contributed by atoms with van der Waals surface area (Å²) in [6.07, 6.45) is 3.53. The lowest BCUT2D eigenvalue weighted by Gasteiger charge is -2.21. The Kier molecular flexibility index (Phi) is 7.68. The van der Waals surface area contributed by atoms with Gasteiger partial charge in [-0.1, -0.05) is 27.2 Å². The number of unbranched alkanes of at least 4 members (excludes halogenated alkanes) is 2. The van der Waals surface area contributed by atoms with Crippen molar-refractivity contribution in [2.45, 2.75) is 46.5 Å². The van der Waals surface area contributed by atoms with Gasteiger partial charge in [0.25, 0.3) is 0 Å². The molecule has 0 aliphatic carbocycles. The summed E-state index contributed by atoms with van der Waals surface area (Å²) in [5, 5.41) is 0. The van der Waals surface area contributed by atoms with Crippen LogP contribution in [0.1, 0.15) is 46.5 Å². The van der Waals surface area contributed by atoms with Gasteiger partial charge in [-0.25, -0.2) is 12.7 Å². The molecule has 0 radical (unpaired) electrons. The second-order valence-corrected chi connectivity index (χ2v) is 8.27. The van der Waals surface area contributed by atoms with Crippen LogP contribution in [0.5, 0.6) is 0 Å². The molecule has 0 atom stereocenters. The van der Waals surface area contributed by atoms with Crippen molar-refractivity contribution >= 4 is 21.6 Å². The van der Waals surface area contributed by atoms with Gasteiger partial charge in [-0.2, -0.15) is 0 Å². The van der Waals surface area contributed by atoms with Crippen molar-refractivity contribution in [3.8, 4) is 0 Å². The molecular formula is C12H26ClNO2S. The fourth-order valence-corrected chi connectivity index (χ4v) is 3.11. The van der Waals surface area contributed by atoms with E-state index in [9.17, 15) is 8.42 Å². The number of rotatable bonds is 8. The van der Waals surface area contributed by atoms with Crippen LogP contribution in [0, 0.1) is 5.41 Å². The van der Waals surface area contributed by atoms with Crippen LogP contribution in [0.25, 0.3) is 0 Å². The monoisotopic (exact) mass is 283 g/mol. The van der Waals surface area contributed by atoms with Crippen molar-refractivity contribution < 1.29 is 8.42 Å². The third kappa shape index (κ3) is 8.86. The third-order valence-corrected chi connectivity index (χ3v) is 4.81. The quantitative estimate of drug-likeness (QED) is 0.507. The van der Waals surface area contributed by atoms with Gasteiger partial charge in [0.05, 0.1) is 5.75 Å². The normalized spacial score (nSPS) is 13.3. The number of halogens is 1. The minimum atomic E-state index is -3.08. The molecule has 0 spiro atoms. The van der Waals surface area contributed by atoms with Gasteiger partial charge in [-0.3, -0.25) is 0 Å². The molecule has 0 aromatic rings. The molecule has 17 heavy (non-hydrogen) atoms. The summed E-state index contributed by atoms with van der Waals surface area (Å²) < 4.78 is 25.4. The number of hydrogen-bond donors (Lipinski definition) is 0. The summed E-state index contributed by atoms with van der Waals surface area (Å²) in [5.74, 6) is 0.892. The molecule has 0 heterocycles. The molecule has 0 unspecified atom stereocenters. The number of alkyl halides is 1. The topological polar surface area (TPSA) is 37.4 Å². The van der Waals surface area contributed by atoms with Crippen LogP contribution in [0.4, 0.5) is 0 Å². The zero-order valence-electron chi connectivity index (χ0n) is 11.5. The van der Waals surface area contributed by atoms with E-state index in [4.69, 9.17) is 11.6 Å². The maximum Gasteiger partial charge on any atom is 0.213 e. The third-order valence-electron chi connectivity index (χ3n) is 2.69. The van der Waals surface area contributed by atoms with Crippen molar-refractivity contribution in [2.75, 3.05) is 25.2 Å². The van der Waals surface area contributed by atoms with E-state index >= 15 is 0 Å². The first-order valence-electron chi connectivity index (χ1n) is 6.19. The number of sulfonamides is 1. The zero-order chi connectivity index (χ0) is 13.5. The van der Waals surface area contributed by atoms with Crippen LogP contribution in [0.2, 0.25) is 0 Å². The van der Waals surface area contributed by atoms with E-state index in [0.717, 1.165) is 19.3 Å². The van der Waals surface area contributed by atoms with E-state index in [1.54, 1.807) is 7.05 Å². The highest BCUT2D eigenvalue weighted by Crippen LogP contribution is 2.20. The lowest BCUT2D eigenvalue weighted by atomic mass is 9.94. The Balaban J connectivity index is 4.04. The Morgan fingerprint density at radius 1 is 1.12 bits per heavy atom. The summed E-state index contributed by atoms with van der Waals surface area (Å²) in [5.41, 5.74) is 0.0620. The van der Waals surface area contributed by atoms with Crippen LogP contribution in [-0.2, 0) is 10.0 Å². The fourth-order valence-electron chi connectivity index (χ4n) is 1.34. The lowest BCUT2D eigenvalue weighted by molar-refractivity contribution is 0.387. The van der Waals surface area contributed by atoms with Crippen LogP contribution in [-0.4, -0.2) is 37.9 Å². The van der Waals surface area contributed by atoms with Crippen molar-refractivity contribution in [3.63, 3.8) is 0 Å². The molecule has 0 saturated heterocycles. The molecular weight excluding hydrogens is 258 g/mol. The first-order valence-corrected chi connectivity index (χ1v) is 8.33. The number of nitrogens with zero attached hydrogens (tertiary/aromatic N) is 1.